The summed E-state index contributed by atoms with van der Waals surface area (Å²) in [4.78, 5) is 28.9. The minimum atomic E-state index is -0.541. The first-order valence-corrected chi connectivity index (χ1v) is 10.1. The van der Waals surface area contributed by atoms with Gasteiger partial charge in [-0.3, -0.25) is 9.59 Å². The number of carbonyl (C=O) groups excluding carboxylic acids is 2. The van der Waals surface area contributed by atoms with E-state index < -0.39 is 5.60 Å². The van der Waals surface area contributed by atoms with Gasteiger partial charge in [0.1, 0.15) is 10.6 Å². The Morgan fingerprint density at radius 1 is 1.19 bits per heavy atom. The van der Waals surface area contributed by atoms with E-state index in [-0.39, 0.29) is 30.8 Å². The first-order valence-electron chi connectivity index (χ1n) is 9.26. The molecule has 1 aromatic carbocycles. The molecule has 146 valence electrons. The van der Waals surface area contributed by atoms with Crippen LogP contribution in [0.1, 0.15) is 62.8 Å². The topological polar surface area (TPSA) is 68.3 Å². The normalized spacial score (nSPS) is 12.4. The Balaban J connectivity index is 2.00. The molecule has 0 fully saturated rings. The lowest BCUT2D eigenvalue weighted by atomic mass is 10.1. The number of thiazole rings is 1. The van der Waals surface area contributed by atoms with Crippen LogP contribution in [0.25, 0.3) is 0 Å². The van der Waals surface area contributed by atoms with Crippen molar-refractivity contribution in [2.24, 2.45) is 0 Å². The number of hydrogen-bond donors (Lipinski definition) is 1. The summed E-state index contributed by atoms with van der Waals surface area (Å²) in [6.45, 7) is 7.50. The van der Waals surface area contributed by atoms with E-state index in [0.29, 0.717) is 6.42 Å². The highest BCUT2D eigenvalue weighted by atomic mass is 32.1. The number of nitrogens with zero attached hydrogens (tertiary/aromatic N) is 1. The summed E-state index contributed by atoms with van der Waals surface area (Å²) in [5.74, 6) is -0.533. The van der Waals surface area contributed by atoms with Gasteiger partial charge in [0.05, 0.1) is 18.2 Å². The average molecular weight is 389 g/mol. The van der Waals surface area contributed by atoms with Crippen LogP contribution in [-0.4, -0.2) is 22.5 Å². The van der Waals surface area contributed by atoms with Crippen LogP contribution in [0.5, 0.6) is 0 Å². The zero-order valence-electron chi connectivity index (χ0n) is 16.5. The molecule has 6 heteroatoms. The number of amides is 1. The Morgan fingerprint density at radius 3 is 2.48 bits per heavy atom. The highest BCUT2D eigenvalue weighted by molar-refractivity contribution is 7.09. The van der Waals surface area contributed by atoms with Gasteiger partial charge in [0.15, 0.2) is 0 Å². The smallest absolute Gasteiger partial charge is 0.306 e. The van der Waals surface area contributed by atoms with E-state index >= 15 is 0 Å². The highest BCUT2D eigenvalue weighted by Crippen LogP contribution is 2.23. The number of esters is 1. The first kappa shape index (κ1) is 21.1. The minimum Gasteiger partial charge on any atom is -0.460 e. The van der Waals surface area contributed by atoms with Gasteiger partial charge in [-0.2, -0.15) is 0 Å². The van der Waals surface area contributed by atoms with E-state index in [1.165, 1.54) is 0 Å². The van der Waals surface area contributed by atoms with E-state index in [9.17, 15) is 9.59 Å². The Labute approximate surface area is 165 Å². The molecule has 0 saturated carbocycles. The molecule has 0 unspecified atom stereocenters. The number of rotatable bonds is 8. The quantitative estimate of drug-likeness (QED) is 0.687. The van der Waals surface area contributed by atoms with Gasteiger partial charge in [0.25, 0.3) is 0 Å². The van der Waals surface area contributed by atoms with Crippen LogP contribution in [0.15, 0.2) is 35.7 Å². The maximum atomic E-state index is 12.4. The fraction of sp³-hybridized carbons (Fsp3) is 0.476. The molecule has 0 radical (unpaired) electrons. The molecule has 2 rings (SSSR count). The third kappa shape index (κ3) is 7.51. The minimum absolute atomic E-state index is 0.0687. The van der Waals surface area contributed by atoms with E-state index in [0.717, 1.165) is 22.7 Å². The van der Waals surface area contributed by atoms with Crippen LogP contribution in [-0.2, 0) is 27.2 Å². The molecule has 0 saturated heterocycles. The predicted octanol–water partition coefficient (Wildman–Crippen LogP) is 4.23. The van der Waals surface area contributed by atoms with E-state index in [1.54, 1.807) is 11.3 Å². The van der Waals surface area contributed by atoms with Crippen molar-refractivity contribution >= 4 is 23.2 Å². The maximum absolute atomic E-state index is 12.4. The standard InChI is InChI=1S/C21H28N2O3S/c1-5-16-14-27-20(22-16)17(13-15-9-7-6-8-10-15)23-18(24)11-12-19(25)26-21(2,3)4/h6-10,14,17H,5,11-13H2,1-4H3,(H,23,24)/t17-/m0/s1. The summed E-state index contributed by atoms with van der Waals surface area (Å²) < 4.78 is 5.26. The number of carbonyl (C=O) groups is 2. The molecule has 2 aromatic rings. The second kappa shape index (κ2) is 9.65. The molecule has 1 heterocycles. The summed E-state index contributed by atoms with van der Waals surface area (Å²) in [5.41, 5.74) is 1.61. The fourth-order valence-corrected chi connectivity index (χ4v) is 3.52. The molecule has 0 aliphatic rings. The number of aromatic nitrogens is 1. The zero-order valence-corrected chi connectivity index (χ0v) is 17.3. The fourth-order valence-electron chi connectivity index (χ4n) is 2.57. The molecule has 0 spiro atoms. The van der Waals surface area contributed by atoms with Crippen molar-refractivity contribution in [2.75, 3.05) is 0 Å². The lowest BCUT2D eigenvalue weighted by molar-refractivity contribution is -0.155. The van der Waals surface area contributed by atoms with Crippen molar-refractivity contribution < 1.29 is 14.3 Å². The van der Waals surface area contributed by atoms with Gasteiger partial charge < -0.3 is 10.1 Å². The van der Waals surface area contributed by atoms with Gasteiger partial charge in [-0.1, -0.05) is 37.3 Å². The van der Waals surface area contributed by atoms with E-state index in [2.05, 4.69) is 17.2 Å². The number of ether oxygens (including phenoxy) is 1. The van der Waals surface area contributed by atoms with Crippen molar-refractivity contribution in [1.29, 1.82) is 0 Å². The SMILES string of the molecule is CCc1csc([C@H](Cc2ccccc2)NC(=O)CCC(=O)OC(C)(C)C)n1. The van der Waals surface area contributed by atoms with Crippen molar-refractivity contribution in [3.05, 3.63) is 52.0 Å². The van der Waals surface area contributed by atoms with Gasteiger partial charge in [-0.05, 0) is 39.2 Å². The summed E-state index contributed by atoms with van der Waals surface area (Å²) in [6, 6.07) is 9.80. The molecular formula is C21H28N2O3S. The van der Waals surface area contributed by atoms with Crippen molar-refractivity contribution in [3.63, 3.8) is 0 Å². The molecular weight excluding hydrogens is 360 g/mol. The van der Waals surface area contributed by atoms with E-state index in [4.69, 9.17) is 4.74 Å². The zero-order chi connectivity index (χ0) is 19.9. The van der Waals surface area contributed by atoms with Crippen LogP contribution >= 0.6 is 11.3 Å². The lowest BCUT2D eigenvalue weighted by Gasteiger charge is -2.20. The van der Waals surface area contributed by atoms with Crippen molar-refractivity contribution in [3.8, 4) is 0 Å². The monoisotopic (exact) mass is 388 g/mol. The molecule has 27 heavy (non-hydrogen) atoms. The summed E-state index contributed by atoms with van der Waals surface area (Å²) in [7, 11) is 0. The van der Waals surface area contributed by atoms with Crippen molar-refractivity contribution in [2.45, 2.75) is 65.0 Å². The molecule has 1 N–H and O–H groups in total. The van der Waals surface area contributed by atoms with Crippen LogP contribution < -0.4 is 5.32 Å². The molecule has 1 atom stereocenters. The number of benzene rings is 1. The Bertz CT molecular complexity index is 750. The molecule has 1 amide bonds. The van der Waals surface area contributed by atoms with Gasteiger partial charge in [0.2, 0.25) is 5.91 Å². The van der Waals surface area contributed by atoms with Crippen LogP contribution in [0.2, 0.25) is 0 Å². The number of hydrogen-bond acceptors (Lipinski definition) is 5. The molecule has 0 aliphatic heterocycles. The van der Waals surface area contributed by atoms with Gasteiger partial charge in [-0.15, -0.1) is 11.3 Å². The lowest BCUT2D eigenvalue weighted by Crippen LogP contribution is -2.31. The Kier molecular flexibility index (Phi) is 7.54. The summed E-state index contributed by atoms with van der Waals surface area (Å²) in [5, 5.41) is 5.96. The number of aryl methyl sites for hydroxylation is 1. The third-order valence-corrected chi connectivity index (χ3v) is 4.83. The van der Waals surface area contributed by atoms with Gasteiger partial charge in [-0.25, -0.2) is 4.98 Å². The van der Waals surface area contributed by atoms with E-state index in [1.807, 2.05) is 56.5 Å². The van der Waals surface area contributed by atoms with Crippen LogP contribution in [0.4, 0.5) is 0 Å². The largest absolute Gasteiger partial charge is 0.460 e. The highest BCUT2D eigenvalue weighted by Gasteiger charge is 2.21. The second-order valence-electron chi connectivity index (χ2n) is 7.43. The van der Waals surface area contributed by atoms with Crippen molar-refractivity contribution in [1.82, 2.24) is 10.3 Å². The Hall–Kier alpha value is -2.21. The third-order valence-electron chi connectivity index (χ3n) is 3.82. The van der Waals surface area contributed by atoms with Crippen LogP contribution in [0.3, 0.4) is 0 Å². The van der Waals surface area contributed by atoms with Gasteiger partial charge >= 0.3 is 5.97 Å². The summed E-state index contributed by atoms with van der Waals surface area (Å²) >= 11 is 1.56. The Morgan fingerprint density at radius 2 is 1.89 bits per heavy atom. The molecule has 5 nitrogen and oxygen atoms in total. The average Bonchev–Trinajstić information content (AvgIpc) is 3.08. The van der Waals surface area contributed by atoms with Gasteiger partial charge in [0, 0.05) is 11.8 Å². The maximum Gasteiger partial charge on any atom is 0.306 e. The summed E-state index contributed by atoms with van der Waals surface area (Å²) in [6.07, 6.45) is 1.70. The second-order valence-corrected chi connectivity index (χ2v) is 8.32. The molecule has 0 bridgehead atoms. The number of nitrogens with one attached hydrogen (secondary N) is 1. The van der Waals surface area contributed by atoms with Crippen LogP contribution in [0, 0.1) is 0 Å². The molecule has 0 aliphatic carbocycles. The molecule has 1 aromatic heterocycles. The predicted molar refractivity (Wildman–Crippen MR) is 108 cm³/mol. The first-order chi connectivity index (χ1) is 12.8.